The molecule has 1 aromatic carbocycles. The molecule has 1 aliphatic heterocycles. The molecule has 0 bridgehead atoms. The second-order valence-corrected chi connectivity index (χ2v) is 6.02. The normalized spacial score (nSPS) is 21.9. The minimum absolute atomic E-state index is 0.103. The lowest BCUT2D eigenvalue weighted by atomic mass is 9.99. The van der Waals surface area contributed by atoms with Crippen molar-refractivity contribution < 1.29 is 4.39 Å². The molecule has 1 fully saturated rings. The van der Waals surface area contributed by atoms with Crippen LogP contribution < -0.4 is 5.32 Å². The van der Waals surface area contributed by atoms with Crippen molar-refractivity contribution in [3.63, 3.8) is 0 Å². The topological polar surface area (TPSA) is 15.3 Å². The molecule has 0 aromatic heterocycles. The minimum Gasteiger partial charge on any atom is -0.313 e. The average Bonchev–Trinajstić information content (AvgIpc) is 2.45. The van der Waals surface area contributed by atoms with Crippen LogP contribution in [-0.4, -0.2) is 31.1 Å². The van der Waals surface area contributed by atoms with Gasteiger partial charge in [-0.05, 0) is 63.9 Å². The molecule has 112 valence electrons. The number of halogens is 1. The monoisotopic (exact) mass is 278 g/mol. The van der Waals surface area contributed by atoms with Gasteiger partial charge in [0.05, 0.1) is 0 Å². The number of hydrogen-bond acceptors (Lipinski definition) is 2. The second-order valence-electron chi connectivity index (χ2n) is 6.02. The van der Waals surface area contributed by atoms with Crippen LogP contribution in [0.5, 0.6) is 0 Å². The predicted octanol–water partition coefficient (Wildman–Crippen LogP) is 3.66. The van der Waals surface area contributed by atoms with Gasteiger partial charge in [0.1, 0.15) is 5.82 Å². The van der Waals surface area contributed by atoms with Gasteiger partial charge in [-0.3, -0.25) is 0 Å². The Labute approximate surface area is 122 Å². The fraction of sp³-hybridized carbons (Fsp3) is 0.647. The molecular formula is C17H27FN2. The van der Waals surface area contributed by atoms with Gasteiger partial charge < -0.3 is 10.2 Å². The van der Waals surface area contributed by atoms with Gasteiger partial charge in [-0.25, -0.2) is 4.39 Å². The summed E-state index contributed by atoms with van der Waals surface area (Å²) >= 11 is 0. The molecule has 1 saturated heterocycles. The number of likely N-dealkylation sites (tertiary alicyclic amines) is 1. The van der Waals surface area contributed by atoms with Crippen LogP contribution in [0.15, 0.2) is 18.2 Å². The minimum atomic E-state index is -0.103. The lowest BCUT2D eigenvalue weighted by Crippen LogP contribution is -2.39. The molecule has 0 saturated carbocycles. The summed E-state index contributed by atoms with van der Waals surface area (Å²) in [5.41, 5.74) is 1.77. The van der Waals surface area contributed by atoms with E-state index >= 15 is 0 Å². The van der Waals surface area contributed by atoms with Crippen molar-refractivity contribution in [3.8, 4) is 0 Å². The summed E-state index contributed by atoms with van der Waals surface area (Å²) in [4.78, 5) is 2.57. The molecule has 0 aliphatic carbocycles. The van der Waals surface area contributed by atoms with Gasteiger partial charge in [0.25, 0.3) is 0 Å². The fourth-order valence-electron chi connectivity index (χ4n) is 3.09. The number of hydrogen-bond donors (Lipinski definition) is 1. The Morgan fingerprint density at radius 1 is 1.40 bits per heavy atom. The third kappa shape index (κ3) is 3.80. The standard InChI is InChI=1S/C17H27FN2/c1-13-7-8-15(12-16(13)18)17(19-3)9-11-20-10-5-4-6-14(20)2/h7-8,12,14,17,19H,4-6,9-11H2,1-3H3. The van der Waals surface area contributed by atoms with Crippen molar-refractivity contribution in [2.45, 2.75) is 51.6 Å². The number of nitrogens with zero attached hydrogens (tertiary/aromatic N) is 1. The molecule has 1 aromatic rings. The predicted molar refractivity (Wildman–Crippen MR) is 82.4 cm³/mol. The molecule has 1 aliphatic rings. The van der Waals surface area contributed by atoms with Crippen LogP contribution in [-0.2, 0) is 0 Å². The average molecular weight is 278 g/mol. The van der Waals surface area contributed by atoms with Gasteiger partial charge in [0, 0.05) is 18.6 Å². The Hall–Kier alpha value is -0.930. The smallest absolute Gasteiger partial charge is 0.126 e. The first-order chi connectivity index (χ1) is 9.61. The van der Waals surface area contributed by atoms with Crippen molar-refractivity contribution in [3.05, 3.63) is 35.1 Å². The van der Waals surface area contributed by atoms with E-state index in [1.807, 2.05) is 26.1 Å². The zero-order chi connectivity index (χ0) is 14.5. The number of benzene rings is 1. The van der Waals surface area contributed by atoms with Gasteiger partial charge in [-0.2, -0.15) is 0 Å². The first-order valence-electron chi connectivity index (χ1n) is 7.79. The van der Waals surface area contributed by atoms with E-state index in [1.165, 1.54) is 25.8 Å². The molecule has 0 amide bonds. The SMILES string of the molecule is CNC(CCN1CCCCC1C)c1ccc(C)c(F)c1. The van der Waals surface area contributed by atoms with E-state index in [1.54, 1.807) is 6.07 Å². The van der Waals surface area contributed by atoms with Crippen molar-refractivity contribution in [2.75, 3.05) is 20.1 Å². The molecule has 1 heterocycles. The maximum atomic E-state index is 13.7. The van der Waals surface area contributed by atoms with Crippen LogP contribution in [0.3, 0.4) is 0 Å². The van der Waals surface area contributed by atoms with E-state index in [2.05, 4.69) is 17.1 Å². The third-order valence-corrected chi connectivity index (χ3v) is 4.59. The number of nitrogens with one attached hydrogen (secondary N) is 1. The molecule has 2 unspecified atom stereocenters. The Kier molecular flexibility index (Phi) is 5.55. The van der Waals surface area contributed by atoms with Crippen molar-refractivity contribution >= 4 is 0 Å². The first-order valence-corrected chi connectivity index (χ1v) is 7.79. The Morgan fingerprint density at radius 3 is 2.85 bits per heavy atom. The quantitative estimate of drug-likeness (QED) is 0.884. The van der Waals surface area contributed by atoms with Gasteiger partial charge in [0.2, 0.25) is 0 Å². The number of rotatable bonds is 5. The van der Waals surface area contributed by atoms with Crippen molar-refractivity contribution in [1.82, 2.24) is 10.2 Å². The molecule has 2 atom stereocenters. The van der Waals surface area contributed by atoms with E-state index < -0.39 is 0 Å². The van der Waals surface area contributed by atoms with E-state index in [-0.39, 0.29) is 11.9 Å². The van der Waals surface area contributed by atoms with Crippen molar-refractivity contribution in [2.24, 2.45) is 0 Å². The maximum absolute atomic E-state index is 13.7. The molecule has 1 N–H and O–H groups in total. The largest absolute Gasteiger partial charge is 0.313 e. The molecule has 2 nitrogen and oxygen atoms in total. The lowest BCUT2D eigenvalue weighted by Gasteiger charge is -2.34. The molecule has 2 rings (SSSR count). The summed E-state index contributed by atoms with van der Waals surface area (Å²) in [5, 5.41) is 3.33. The van der Waals surface area contributed by atoms with Crippen LogP contribution in [0.2, 0.25) is 0 Å². The highest BCUT2D eigenvalue weighted by molar-refractivity contribution is 5.25. The molecule has 20 heavy (non-hydrogen) atoms. The van der Waals surface area contributed by atoms with Crippen molar-refractivity contribution in [1.29, 1.82) is 0 Å². The van der Waals surface area contributed by atoms with Crippen LogP contribution >= 0.6 is 0 Å². The third-order valence-electron chi connectivity index (χ3n) is 4.59. The van der Waals surface area contributed by atoms with Crippen LogP contribution in [0, 0.1) is 12.7 Å². The number of aryl methyl sites for hydroxylation is 1. The summed E-state index contributed by atoms with van der Waals surface area (Å²) in [6.45, 7) is 6.42. The Morgan fingerprint density at radius 2 is 2.20 bits per heavy atom. The Balaban J connectivity index is 1.96. The summed E-state index contributed by atoms with van der Waals surface area (Å²) in [6.07, 6.45) is 5.01. The van der Waals surface area contributed by atoms with Gasteiger partial charge >= 0.3 is 0 Å². The van der Waals surface area contributed by atoms with E-state index in [4.69, 9.17) is 0 Å². The lowest BCUT2D eigenvalue weighted by molar-refractivity contribution is 0.154. The highest BCUT2D eigenvalue weighted by Gasteiger charge is 2.19. The second kappa shape index (κ2) is 7.19. The van der Waals surface area contributed by atoms with Crippen LogP contribution in [0.1, 0.15) is 49.8 Å². The van der Waals surface area contributed by atoms with Gasteiger partial charge in [0.15, 0.2) is 0 Å². The molecule has 3 heteroatoms. The summed E-state index contributed by atoms with van der Waals surface area (Å²) < 4.78 is 13.7. The van der Waals surface area contributed by atoms with E-state index in [0.29, 0.717) is 11.6 Å². The van der Waals surface area contributed by atoms with Crippen LogP contribution in [0.25, 0.3) is 0 Å². The molecule has 0 spiro atoms. The van der Waals surface area contributed by atoms with E-state index in [9.17, 15) is 4.39 Å². The summed E-state index contributed by atoms with van der Waals surface area (Å²) in [6, 6.07) is 6.52. The zero-order valence-electron chi connectivity index (χ0n) is 13.0. The first kappa shape index (κ1) is 15.5. The molecule has 0 radical (unpaired) electrons. The fourth-order valence-corrected chi connectivity index (χ4v) is 3.09. The van der Waals surface area contributed by atoms with Gasteiger partial charge in [-0.1, -0.05) is 18.6 Å². The van der Waals surface area contributed by atoms with Crippen LogP contribution in [0.4, 0.5) is 4.39 Å². The Bertz CT molecular complexity index is 433. The van der Waals surface area contributed by atoms with E-state index in [0.717, 1.165) is 18.5 Å². The maximum Gasteiger partial charge on any atom is 0.126 e. The van der Waals surface area contributed by atoms with Gasteiger partial charge in [-0.15, -0.1) is 0 Å². The highest BCUT2D eigenvalue weighted by Crippen LogP contribution is 2.22. The summed E-state index contributed by atoms with van der Waals surface area (Å²) in [5.74, 6) is -0.103. The molecular weight excluding hydrogens is 251 g/mol. The number of piperidine rings is 1. The highest BCUT2D eigenvalue weighted by atomic mass is 19.1. The summed E-state index contributed by atoms with van der Waals surface area (Å²) in [7, 11) is 1.96. The zero-order valence-corrected chi connectivity index (χ0v) is 13.0.